The molecule has 2 N–H and O–H groups in total. The van der Waals surface area contributed by atoms with Gasteiger partial charge in [-0.25, -0.2) is 0 Å². The van der Waals surface area contributed by atoms with Crippen LogP contribution in [-0.4, -0.2) is 35.1 Å². The highest BCUT2D eigenvalue weighted by atomic mass is 16.1. The molecule has 116 valence electrons. The molecule has 4 atom stereocenters. The van der Waals surface area contributed by atoms with E-state index in [9.17, 15) is 4.79 Å². The van der Waals surface area contributed by atoms with Gasteiger partial charge in [0.25, 0.3) is 5.91 Å². The first kappa shape index (κ1) is 15.8. The number of hydrogen-bond acceptors (Lipinski definition) is 1. The Labute approximate surface area is 124 Å². The van der Waals surface area contributed by atoms with E-state index in [2.05, 4.69) is 27.7 Å². The largest absolute Gasteiger partial charge is 0.365 e. The fourth-order valence-electron chi connectivity index (χ4n) is 5.28. The van der Waals surface area contributed by atoms with Gasteiger partial charge in [0.15, 0.2) is 6.54 Å². The van der Waals surface area contributed by atoms with Crippen molar-refractivity contribution in [2.45, 2.75) is 84.3 Å². The lowest BCUT2D eigenvalue weighted by molar-refractivity contribution is -0.995. The molecule has 2 bridgehead atoms. The van der Waals surface area contributed by atoms with Gasteiger partial charge in [-0.3, -0.25) is 4.79 Å². The summed E-state index contributed by atoms with van der Waals surface area (Å²) >= 11 is 0. The van der Waals surface area contributed by atoms with Crippen LogP contribution >= 0.6 is 0 Å². The van der Waals surface area contributed by atoms with Crippen molar-refractivity contribution in [2.75, 3.05) is 6.54 Å². The second kappa shape index (κ2) is 6.05. The van der Waals surface area contributed by atoms with E-state index in [0.29, 0.717) is 24.7 Å². The van der Waals surface area contributed by atoms with E-state index in [-0.39, 0.29) is 5.91 Å². The maximum Gasteiger partial charge on any atom is 0.272 e. The first-order valence-corrected chi connectivity index (χ1v) is 8.51. The lowest BCUT2D eigenvalue weighted by Crippen LogP contribution is -2.71. The second-order valence-electron chi connectivity index (χ2n) is 7.92. The Morgan fingerprint density at radius 3 is 2.10 bits per heavy atom. The van der Waals surface area contributed by atoms with Crippen molar-refractivity contribution in [3.63, 3.8) is 0 Å². The molecule has 0 saturated carbocycles. The number of nitrogens with zero attached hydrogens (tertiary/aromatic N) is 1. The van der Waals surface area contributed by atoms with E-state index in [4.69, 9.17) is 5.73 Å². The summed E-state index contributed by atoms with van der Waals surface area (Å²) in [6.45, 7) is 9.80. The van der Waals surface area contributed by atoms with Crippen LogP contribution in [0.25, 0.3) is 0 Å². The van der Waals surface area contributed by atoms with Crippen LogP contribution in [0.4, 0.5) is 0 Å². The molecule has 2 aliphatic rings. The lowest BCUT2D eigenvalue weighted by atomic mass is 9.72. The van der Waals surface area contributed by atoms with Crippen molar-refractivity contribution in [3.05, 3.63) is 0 Å². The van der Waals surface area contributed by atoms with E-state index in [0.717, 1.165) is 16.3 Å². The predicted octanol–water partition coefficient (Wildman–Crippen LogP) is 3.07. The van der Waals surface area contributed by atoms with Crippen LogP contribution in [0.1, 0.15) is 66.2 Å². The summed E-state index contributed by atoms with van der Waals surface area (Å²) in [5, 5.41) is 0. The predicted molar refractivity (Wildman–Crippen MR) is 83.1 cm³/mol. The molecule has 2 fully saturated rings. The number of amides is 1. The van der Waals surface area contributed by atoms with Crippen LogP contribution in [0, 0.1) is 11.8 Å². The monoisotopic (exact) mass is 281 g/mol. The highest BCUT2D eigenvalue weighted by molar-refractivity contribution is 5.75. The van der Waals surface area contributed by atoms with Crippen molar-refractivity contribution in [1.82, 2.24) is 0 Å². The number of quaternary nitrogens is 1. The van der Waals surface area contributed by atoms with E-state index in [1.807, 2.05) is 0 Å². The zero-order chi connectivity index (χ0) is 14.9. The molecule has 0 radical (unpaired) electrons. The topological polar surface area (TPSA) is 43.1 Å². The third kappa shape index (κ3) is 2.88. The van der Waals surface area contributed by atoms with Crippen molar-refractivity contribution >= 4 is 5.91 Å². The number of primary amides is 1. The SMILES string of the molecule is CC(C)CC1C[C@H]2CCC[C@@H](C1)[N+]2(CC(N)=O)C(C)C. The Kier molecular flexibility index (Phi) is 4.78. The number of carbonyl (C=O) groups is 1. The molecular weight excluding hydrogens is 248 g/mol. The summed E-state index contributed by atoms with van der Waals surface area (Å²) in [6.07, 6.45) is 7.88. The van der Waals surface area contributed by atoms with Gasteiger partial charge in [-0.15, -0.1) is 0 Å². The summed E-state index contributed by atoms with van der Waals surface area (Å²) in [7, 11) is 0. The Balaban J connectivity index is 2.23. The summed E-state index contributed by atoms with van der Waals surface area (Å²) in [5.74, 6) is 1.54. The average molecular weight is 281 g/mol. The van der Waals surface area contributed by atoms with Gasteiger partial charge in [0, 0.05) is 12.8 Å². The van der Waals surface area contributed by atoms with E-state index >= 15 is 0 Å². The quantitative estimate of drug-likeness (QED) is 0.773. The zero-order valence-electron chi connectivity index (χ0n) is 13.8. The van der Waals surface area contributed by atoms with Gasteiger partial charge in [-0.2, -0.15) is 0 Å². The molecule has 0 aromatic rings. The molecule has 1 amide bonds. The minimum Gasteiger partial charge on any atom is -0.365 e. The zero-order valence-corrected chi connectivity index (χ0v) is 13.8. The van der Waals surface area contributed by atoms with Crippen molar-refractivity contribution < 1.29 is 9.28 Å². The van der Waals surface area contributed by atoms with Crippen LogP contribution in [0.5, 0.6) is 0 Å². The molecule has 0 aliphatic carbocycles. The first-order chi connectivity index (χ1) is 9.36. The second-order valence-corrected chi connectivity index (χ2v) is 7.92. The molecule has 2 aliphatic heterocycles. The van der Waals surface area contributed by atoms with Crippen LogP contribution in [-0.2, 0) is 4.79 Å². The third-order valence-corrected chi connectivity index (χ3v) is 5.84. The molecule has 2 saturated heterocycles. The van der Waals surface area contributed by atoms with Crippen molar-refractivity contribution in [1.29, 1.82) is 0 Å². The van der Waals surface area contributed by atoms with Crippen LogP contribution in [0.3, 0.4) is 0 Å². The summed E-state index contributed by atoms with van der Waals surface area (Å²) < 4.78 is 0.990. The fraction of sp³-hybridized carbons (Fsp3) is 0.941. The van der Waals surface area contributed by atoms with Gasteiger partial charge in [-0.1, -0.05) is 13.8 Å². The molecule has 0 spiro atoms. The molecule has 2 rings (SSSR count). The Morgan fingerprint density at radius 1 is 1.15 bits per heavy atom. The molecule has 0 aromatic carbocycles. The third-order valence-electron chi connectivity index (χ3n) is 5.84. The van der Waals surface area contributed by atoms with Gasteiger partial charge < -0.3 is 10.2 Å². The van der Waals surface area contributed by atoms with E-state index in [1.165, 1.54) is 38.5 Å². The molecule has 20 heavy (non-hydrogen) atoms. The number of fused-ring (bicyclic) bond motifs is 2. The van der Waals surface area contributed by atoms with Gasteiger partial charge >= 0.3 is 0 Å². The minimum atomic E-state index is -0.113. The van der Waals surface area contributed by atoms with Crippen LogP contribution < -0.4 is 5.73 Å². The molecule has 3 heteroatoms. The summed E-state index contributed by atoms with van der Waals surface area (Å²) in [6, 6.07) is 1.84. The number of nitrogens with two attached hydrogens (primary N) is 1. The van der Waals surface area contributed by atoms with Gasteiger partial charge in [0.2, 0.25) is 0 Å². The molecule has 2 unspecified atom stereocenters. The van der Waals surface area contributed by atoms with Crippen LogP contribution in [0.2, 0.25) is 0 Å². The fourth-order valence-corrected chi connectivity index (χ4v) is 5.28. The maximum atomic E-state index is 11.7. The van der Waals surface area contributed by atoms with E-state index in [1.54, 1.807) is 0 Å². The molecule has 0 aromatic heterocycles. The number of hydrogen-bond donors (Lipinski definition) is 1. The normalized spacial score (nSPS) is 37.4. The summed E-state index contributed by atoms with van der Waals surface area (Å²) in [4.78, 5) is 11.7. The van der Waals surface area contributed by atoms with Crippen molar-refractivity contribution in [2.24, 2.45) is 17.6 Å². The van der Waals surface area contributed by atoms with E-state index < -0.39 is 0 Å². The number of carbonyl (C=O) groups excluding carboxylic acids is 1. The smallest absolute Gasteiger partial charge is 0.272 e. The maximum absolute atomic E-state index is 11.7. The highest BCUT2D eigenvalue weighted by Gasteiger charge is 2.53. The Hall–Kier alpha value is -0.570. The van der Waals surface area contributed by atoms with Crippen LogP contribution in [0.15, 0.2) is 0 Å². The summed E-state index contributed by atoms with van der Waals surface area (Å²) in [5.41, 5.74) is 5.61. The number of rotatable bonds is 5. The first-order valence-electron chi connectivity index (χ1n) is 8.51. The molecular formula is C17H33N2O+. The minimum absolute atomic E-state index is 0.113. The van der Waals surface area contributed by atoms with Gasteiger partial charge in [0.05, 0.1) is 18.1 Å². The van der Waals surface area contributed by atoms with Gasteiger partial charge in [0.1, 0.15) is 0 Å². The Morgan fingerprint density at radius 2 is 1.70 bits per heavy atom. The lowest BCUT2D eigenvalue weighted by Gasteiger charge is -2.59. The molecule has 3 nitrogen and oxygen atoms in total. The van der Waals surface area contributed by atoms with Crippen molar-refractivity contribution in [3.8, 4) is 0 Å². The van der Waals surface area contributed by atoms with Gasteiger partial charge in [-0.05, 0) is 51.4 Å². The number of piperidine rings is 2. The standard InChI is InChI=1S/C17H32N2O/c1-12(2)8-14-9-15-6-5-7-16(10-14)19(15,13(3)4)11-17(18)20/h12-16H,5-11H2,1-4H3,(H-,18,20)/p+1/t14?,15-,16+,19?. The Bertz CT molecular complexity index is 337. The average Bonchev–Trinajstić information content (AvgIpc) is 2.28. The highest BCUT2D eigenvalue weighted by Crippen LogP contribution is 2.46. The molecule has 2 heterocycles.